The molecule has 0 radical (unpaired) electrons. The van der Waals surface area contributed by atoms with Crippen molar-refractivity contribution < 1.29 is 19.0 Å². The number of hydrogen-bond acceptors (Lipinski definition) is 7. The van der Waals surface area contributed by atoms with Crippen molar-refractivity contribution in [3.05, 3.63) is 48.0 Å². The monoisotopic (exact) mass is 427 g/mol. The van der Waals surface area contributed by atoms with Crippen molar-refractivity contribution >= 4 is 17.5 Å². The third-order valence-corrected chi connectivity index (χ3v) is 5.51. The van der Waals surface area contributed by atoms with Crippen LogP contribution >= 0.6 is 11.8 Å². The lowest BCUT2D eigenvalue weighted by atomic mass is 10.1. The standard InChI is InChI=1S/C22H25N3O4S/c1-14(2)25-21(15-6-8-16(27-3)9-7-15)23-24-22(25)30-13-19(26)18-11-10-17(28-4)12-20(18)29-5/h6-12,14H,13H2,1-5H3. The van der Waals surface area contributed by atoms with Gasteiger partial charge in [-0.15, -0.1) is 10.2 Å². The SMILES string of the molecule is COc1ccc(-c2nnc(SCC(=O)c3ccc(OC)cc3OC)n2C(C)C)cc1. The van der Waals surface area contributed by atoms with Crippen molar-refractivity contribution in [2.45, 2.75) is 25.0 Å². The van der Waals surface area contributed by atoms with Crippen LogP contribution in [-0.4, -0.2) is 47.6 Å². The van der Waals surface area contributed by atoms with Crippen LogP contribution in [0.3, 0.4) is 0 Å². The average Bonchev–Trinajstić information content (AvgIpc) is 3.21. The Morgan fingerprint density at radius 3 is 2.23 bits per heavy atom. The van der Waals surface area contributed by atoms with Gasteiger partial charge >= 0.3 is 0 Å². The molecule has 1 heterocycles. The second-order valence-electron chi connectivity index (χ2n) is 6.78. The normalized spacial score (nSPS) is 10.9. The van der Waals surface area contributed by atoms with Gasteiger partial charge in [0.1, 0.15) is 17.2 Å². The lowest BCUT2D eigenvalue weighted by Gasteiger charge is -2.14. The first-order valence-electron chi connectivity index (χ1n) is 9.45. The summed E-state index contributed by atoms with van der Waals surface area (Å²) in [6, 6.07) is 13.0. The summed E-state index contributed by atoms with van der Waals surface area (Å²) < 4.78 is 17.8. The molecule has 7 nitrogen and oxygen atoms in total. The molecule has 0 spiro atoms. The predicted octanol–water partition coefficient (Wildman–Crippen LogP) is 4.53. The van der Waals surface area contributed by atoms with Gasteiger partial charge in [-0.05, 0) is 50.2 Å². The number of benzene rings is 2. The summed E-state index contributed by atoms with van der Waals surface area (Å²) in [6.45, 7) is 4.13. The zero-order valence-corrected chi connectivity index (χ0v) is 18.5. The molecule has 1 aromatic heterocycles. The Balaban J connectivity index is 1.82. The minimum Gasteiger partial charge on any atom is -0.497 e. The Morgan fingerprint density at radius 2 is 1.63 bits per heavy atom. The summed E-state index contributed by atoms with van der Waals surface area (Å²) in [4.78, 5) is 12.8. The fraction of sp³-hybridized carbons (Fsp3) is 0.318. The van der Waals surface area contributed by atoms with Crippen LogP contribution in [0.1, 0.15) is 30.2 Å². The molecular weight excluding hydrogens is 402 g/mol. The molecule has 2 aromatic carbocycles. The molecule has 0 N–H and O–H groups in total. The molecule has 0 saturated carbocycles. The molecule has 0 saturated heterocycles. The van der Waals surface area contributed by atoms with Gasteiger partial charge in [0, 0.05) is 17.7 Å². The molecule has 0 atom stereocenters. The Hall–Kier alpha value is -3.00. The van der Waals surface area contributed by atoms with E-state index < -0.39 is 0 Å². The molecule has 0 aliphatic carbocycles. The number of nitrogens with zero attached hydrogens (tertiary/aromatic N) is 3. The summed E-state index contributed by atoms with van der Waals surface area (Å²) in [5.74, 6) is 2.83. The molecule has 0 aliphatic rings. The van der Waals surface area contributed by atoms with E-state index in [1.807, 2.05) is 28.8 Å². The van der Waals surface area contributed by atoms with Gasteiger partial charge in [0.15, 0.2) is 16.8 Å². The van der Waals surface area contributed by atoms with Crippen molar-refractivity contribution in [1.82, 2.24) is 14.8 Å². The number of rotatable bonds is 9. The highest BCUT2D eigenvalue weighted by Gasteiger charge is 2.20. The van der Waals surface area contributed by atoms with Gasteiger partial charge in [-0.25, -0.2) is 0 Å². The van der Waals surface area contributed by atoms with Crippen molar-refractivity contribution in [2.24, 2.45) is 0 Å². The molecule has 0 aliphatic heterocycles. The van der Waals surface area contributed by atoms with Gasteiger partial charge in [0.2, 0.25) is 0 Å². The summed E-state index contributed by atoms with van der Waals surface area (Å²) >= 11 is 1.36. The summed E-state index contributed by atoms with van der Waals surface area (Å²) in [7, 11) is 4.75. The Morgan fingerprint density at radius 1 is 0.967 bits per heavy atom. The number of carbonyl (C=O) groups is 1. The molecule has 3 aromatic rings. The number of ether oxygens (including phenoxy) is 3. The van der Waals surface area contributed by atoms with Crippen LogP contribution in [0, 0.1) is 0 Å². The molecule has 8 heteroatoms. The first-order chi connectivity index (χ1) is 14.5. The van der Waals surface area contributed by atoms with E-state index in [1.54, 1.807) is 32.4 Å². The summed E-state index contributed by atoms with van der Waals surface area (Å²) in [5, 5.41) is 9.39. The van der Waals surface area contributed by atoms with Crippen LogP contribution in [0.2, 0.25) is 0 Å². The van der Waals surface area contributed by atoms with Gasteiger partial charge in [0.05, 0.1) is 32.6 Å². The molecular formula is C22H25N3O4S. The third-order valence-electron chi connectivity index (χ3n) is 4.57. The quantitative estimate of drug-likeness (QED) is 0.367. The molecule has 0 unspecified atom stereocenters. The van der Waals surface area contributed by atoms with E-state index in [4.69, 9.17) is 14.2 Å². The molecule has 158 valence electrons. The first kappa shape index (κ1) is 21.7. The lowest BCUT2D eigenvalue weighted by Crippen LogP contribution is -2.08. The lowest BCUT2D eigenvalue weighted by molar-refractivity contribution is 0.101. The topological polar surface area (TPSA) is 75.5 Å². The van der Waals surface area contributed by atoms with Crippen LogP contribution in [-0.2, 0) is 0 Å². The Labute approximate surface area is 180 Å². The number of thioether (sulfide) groups is 1. The summed E-state index contributed by atoms with van der Waals surface area (Å²) in [5.41, 5.74) is 1.45. The minimum absolute atomic E-state index is 0.0520. The third kappa shape index (κ3) is 4.59. The number of Topliss-reactive ketones (excluding diaryl/α,β-unsaturated/α-hetero) is 1. The van der Waals surface area contributed by atoms with E-state index in [1.165, 1.54) is 18.9 Å². The van der Waals surface area contributed by atoms with Gasteiger partial charge in [-0.3, -0.25) is 9.36 Å². The van der Waals surface area contributed by atoms with E-state index in [2.05, 4.69) is 24.0 Å². The zero-order chi connectivity index (χ0) is 21.7. The molecule has 3 rings (SSSR count). The Bertz CT molecular complexity index is 1020. The van der Waals surface area contributed by atoms with E-state index in [0.717, 1.165) is 17.1 Å². The Kier molecular flexibility index (Phi) is 6.99. The maximum atomic E-state index is 12.8. The van der Waals surface area contributed by atoms with Gasteiger partial charge < -0.3 is 14.2 Å². The van der Waals surface area contributed by atoms with Crippen molar-refractivity contribution in [2.75, 3.05) is 27.1 Å². The average molecular weight is 428 g/mol. The van der Waals surface area contributed by atoms with Crippen LogP contribution in [0.4, 0.5) is 0 Å². The second kappa shape index (κ2) is 9.67. The fourth-order valence-electron chi connectivity index (χ4n) is 3.01. The molecule has 0 fully saturated rings. The van der Waals surface area contributed by atoms with Crippen LogP contribution < -0.4 is 14.2 Å². The van der Waals surface area contributed by atoms with Crippen LogP contribution in [0.25, 0.3) is 11.4 Å². The van der Waals surface area contributed by atoms with Crippen molar-refractivity contribution in [3.8, 4) is 28.6 Å². The van der Waals surface area contributed by atoms with Gasteiger partial charge in [0.25, 0.3) is 0 Å². The predicted molar refractivity (Wildman–Crippen MR) is 117 cm³/mol. The molecule has 0 bridgehead atoms. The smallest absolute Gasteiger partial charge is 0.192 e. The van der Waals surface area contributed by atoms with Crippen LogP contribution in [0.15, 0.2) is 47.6 Å². The highest BCUT2D eigenvalue weighted by atomic mass is 32.2. The van der Waals surface area contributed by atoms with E-state index in [0.29, 0.717) is 22.2 Å². The fourth-order valence-corrected chi connectivity index (χ4v) is 3.97. The van der Waals surface area contributed by atoms with Gasteiger partial charge in [-0.2, -0.15) is 0 Å². The number of methoxy groups -OCH3 is 3. The van der Waals surface area contributed by atoms with Crippen molar-refractivity contribution in [3.63, 3.8) is 0 Å². The molecule has 30 heavy (non-hydrogen) atoms. The number of hydrogen-bond donors (Lipinski definition) is 0. The maximum absolute atomic E-state index is 12.8. The van der Waals surface area contributed by atoms with Crippen LogP contribution in [0.5, 0.6) is 17.2 Å². The second-order valence-corrected chi connectivity index (χ2v) is 7.72. The first-order valence-corrected chi connectivity index (χ1v) is 10.4. The van der Waals surface area contributed by atoms with E-state index in [-0.39, 0.29) is 17.6 Å². The summed E-state index contributed by atoms with van der Waals surface area (Å²) in [6.07, 6.45) is 0. The highest BCUT2D eigenvalue weighted by Crippen LogP contribution is 2.30. The zero-order valence-electron chi connectivity index (χ0n) is 17.7. The minimum atomic E-state index is -0.0520. The number of carbonyl (C=O) groups excluding carboxylic acids is 1. The largest absolute Gasteiger partial charge is 0.497 e. The van der Waals surface area contributed by atoms with E-state index >= 15 is 0 Å². The molecule has 0 amide bonds. The van der Waals surface area contributed by atoms with E-state index in [9.17, 15) is 4.79 Å². The highest BCUT2D eigenvalue weighted by molar-refractivity contribution is 7.99. The maximum Gasteiger partial charge on any atom is 0.192 e. The van der Waals surface area contributed by atoms with Gasteiger partial charge in [-0.1, -0.05) is 11.8 Å². The van der Waals surface area contributed by atoms with Crippen molar-refractivity contribution in [1.29, 1.82) is 0 Å². The number of aromatic nitrogens is 3. The number of ketones is 1.